The van der Waals surface area contributed by atoms with Crippen molar-refractivity contribution >= 4 is 11.5 Å². The van der Waals surface area contributed by atoms with Crippen molar-refractivity contribution in [3.63, 3.8) is 0 Å². The fourth-order valence-electron chi connectivity index (χ4n) is 3.92. The number of nitrogens with one attached hydrogen (secondary N) is 1. The van der Waals surface area contributed by atoms with Gasteiger partial charge in [-0.1, -0.05) is 18.2 Å². The predicted molar refractivity (Wildman–Crippen MR) is 70.8 cm³/mol. The van der Waals surface area contributed by atoms with E-state index in [0.717, 1.165) is 39.0 Å². The van der Waals surface area contributed by atoms with Crippen molar-refractivity contribution in [2.24, 2.45) is 5.92 Å². The minimum absolute atomic E-state index is 0.255. The predicted octanol–water partition coefficient (Wildman–Crippen LogP) is 1.67. The molecule has 18 heavy (non-hydrogen) atoms. The molecule has 94 valence electrons. The largest absolute Gasteiger partial charge is 0.369 e. The molecule has 0 radical (unpaired) electrons. The Balaban J connectivity index is 1.88. The summed E-state index contributed by atoms with van der Waals surface area (Å²) in [6, 6.07) is 6.62. The number of hydrogen-bond acceptors (Lipinski definition) is 3. The summed E-state index contributed by atoms with van der Waals surface area (Å²) in [4.78, 5) is 14.5. The molecule has 3 aliphatic rings. The fourth-order valence-corrected chi connectivity index (χ4v) is 3.92. The van der Waals surface area contributed by atoms with Crippen LogP contribution in [0.1, 0.15) is 29.9 Å². The quantitative estimate of drug-likeness (QED) is 0.751. The molecular weight excluding hydrogens is 224 g/mol. The highest BCUT2D eigenvalue weighted by Gasteiger charge is 2.42. The topological polar surface area (TPSA) is 32.3 Å². The zero-order chi connectivity index (χ0) is 12.1. The zero-order valence-electron chi connectivity index (χ0n) is 10.5. The molecule has 3 nitrogen and oxygen atoms in total. The first-order valence-electron chi connectivity index (χ1n) is 6.95. The Labute approximate surface area is 107 Å². The number of para-hydroxylation sites is 1. The van der Waals surface area contributed by atoms with Gasteiger partial charge in [-0.05, 0) is 23.5 Å². The Morgan fingerprint density at radius 3 is 3.17 bits per heavy atom. The number of nitrogens with zero attached hydrogens (tertiary/aromatic N) is 1. The minimum atomic E-state index is 0.255. The number of hydrogen-bond donors (Lipinski definition) is 1. The third-order valence-electron chi connectivity index (χ3n) is 4.76. The summed E-state index contributed by atoms with van der Waals surface area (Å²) in [6.07, 6.45) is 1.84. The second kappa shape index (κ2) is 3.82. The number of rotatable bonds is 0. The van der Waals surface area contributed by atoms with Crippen molar-refractivity contribution < 1.29 is 4.79 Å². The third kappa shape index (κ3) is 1.37. The van der Waals surface area contributed by atoms with Crippen LogP contribution in [0.3, 0.4) is 0 Å². The highest BCUT2D eigenvalue weighted by Crippen LogP contribution is 2.47. The van der Waals surface area contributed by atoms with E-state index in [9.17, 15) is 4.79 Å². The molecule has 0 aromatic heterocycles. The second-order valence-corrected chi connectivity index (χ2v) is 5.70. The maximum Gasteiger partial charge on any atom is 0.138 e. The summed E-state index contributed by atoms with van der Waals surface area (Å²) < 4.78 is 0. The van der Waals surface area contributed by atoms with Gasteiger partial charge in [0.05, 0.1) is 0 Å². The lowest BCUT2D eigenvalue weighted by molar-refractivity contribution is -0.120. The van der Waals surface area contributed by atoms with Crippen LogP contribution < -0.4 is 10.2 Å². The van der Waals surface area contributed by atoms with Crippen molar-refractivity contribution in [2.75, 3.05) is 24.5 Å². The highest BCUT2D eigenvalue weighted by molar-refractivity contribution is 5.87. The van der Waals surface area contributed by atoms with Gasteiger partial charge in [-0.2, -0.15) is 0 Å². The van der Waals surface area contributed by atoms with Gasteiger partial charge in [0.25, 0.3) is 0 Å². The van der Waals surface area contributed by atoms with E-state index in [2.05, 4.69) is 28.4 Å². The van der Waals surface area contributed by atoms with E-state index < -0.39 is 0 Å². The molecular formula is C15H18N2O. The SMILES string of the molecule is O=C1CC[C@@H]2c3cccc4c3N(CCNC4)CC12. The van der Waals surface area contributed by atoms with Gasteiger partial charge in [0, 0.05) is 44.2 Å². The first kappa shape index (κ1) is 10.6. The van der Waals surface area contributed by atoms with Gasteiger partial charge in [0.2, 0.25) is 0 Å². The van der Waals surface area contributed by atoms with Crippen LogP contribution in [0.15, 0.2) is 18.2 Å². The van der Waals surface area contributed by atoms with Crippen LogP contribution in [0.25, 0.3) is 0 Å². The van der Waals surface area contributed by atoms with Crippen LogP contribution in [-0.4, -0.2) is 25.4 Å². The minimum Gasteiger partial charge on any atom is -0.369 e. The van der Waals surface area contributed by atoms with Crippen LogP contribution >= 0.6 is 0 Å². The number of carbonyl (C=O) groups is 1. The molecule has 1 N–H and O–H groups in total. The zero-order valence-corrected chi connectivity index (χ0v) is 10.5. The average molecular weight is 242 g/mol. The van der Waals surface area contributed by atoms with Gasteiger partial charge < -0.3 is 10.2 Å². The molecule has 1 aromatic rings. The van der Waals surface area contributed by atoms with E-state index >= 15 is 0 Å². The Kier molecular flexibility index (Phi) is 2.24. The van der Waals surface area contributed by atoms with Gasteiger partial charge in [-0.3, -0.25) is 4.79 Å². The molecule has 4 rings (SSSR count). The number of benzene rings is 1. The molecule has 2 aliphatic heterocycles. The van der Waals surface area contributed by atoms with E-state index in [1.54, 1.807) is 0 Å². The maximum absolute atomic E-state index is 12.0. The molecule has 1 aliphatic carbocycles. The van der Waals surface area contributed by atoms with Crippen molar-refractivity contribution in [1.82, 2.24) is 5.32 Å². The lowest BCUT2D eigenvalue weighted by atomic mass is 9.82. The molecule has 1 fully saturated rings. The third-order valence-corrected chi connectivity index (χ3v) is 4.76. The maximum atomic E-state index is 12.0. The molecule has 1 unspecified atom stereocenters. The van der Waals surface area contributed by atoms with Crippen molar-refractivity contribution in [2.45, 2.75) is 25.3 Å². The van der Waals surface area contributed by atoms with Crippen LogP contribution in [0.5, 0.6) is 0 Å². The fraction of sp³-hybridized carbons (Fsp3) is 0.533. The Morgan fingerprint density at radius 1 is 1.28 bits per heavy atom. The summed E-state index contributed by atoms with van der Waals surface area (Å²) >= 11 is 0. The number of Topliss-reactive ketones (excluding diaryl/α,β-unsaturated/α-hetero) is 1. The first-order chi connectivity index (χ1) is 8.84. The first-order valence-corrected chi connectivity index (χ1v) is 6.95. The molecule has 1 aromatic carbocycles. The molecule has 2 heterocycles. The van der Waals surface area contributed by atoms with Gasteiger partial charge in [0.1, 0.15) is 5.78 Å². The summed E-state index contributed by atoms with van der Waals surface area (Å²) in [5, 5.41) is 3.47. The van der Waals surface area contributed by atoms with E-state index in [1.165, 1.54) is 16.8 Å². The molecule has 3 heteroatoms. The lowest BCUT2D eigenvalue weighted by Gasteiger charge is -2.38. The summed E-state index contributed by atoms with van der Waals surface area (Å²) in [7, 11) is 0. The Bertz CT molecular complexity index is 511. The molecule has 2 atom stereocenters. The smallest absolute Gasteiger partial charge is 0.138 e. The number of carbonyl (C=O) groups excluding carboxylic acids is 1. The van der Waals surface area contributed by atoms with E-state index in [1.807, 2.05) is 0 Å². The van der Waals surface area contributed by atoms with E-state index in [4.69, 9.17) is 0 Å². The van der Waals surface area contributed by atoms with Crippen LogP contribution in [0, 0.1) is 5.92 Å². The van der Waals surface area contributed by atoms with Gasteiger partial charge in [0.15, 0.2) is 0 Å². The van der Waals surface area contributed by atoms with Crippen molar-refractivity contribution in [3.8, 4) is 0 Å². The molecule has 0 saturated heterocycles. The number of anilines is 1. The van der Waals surface area contributed by atoms with Crippen molar-refractivity contribution in [1.29, 1.82) is 0 Å². The summed E-state index contributed by atoms with van der Waals surface area (Å²) in [5.41, 5.74) is 4.26. The van der Waals surface area contributed by atoms with Crippen LogP contribution in [-0.2, 0) is 11.3 Å². The van der Waals surface area contributed by atoms with Crippen LogP contribution in [0.2, 0.25) is 0 Å². The Morgan fingerprint density at radius 2 is 2.22 bits per heavy atom. The van der Waals surface area contributed by atoms with Gasteiger partial charge in [-0.15, -0.1) is 0 Å². The van der Waals surface area contributed by atoms with Crippen molar-refractivity contribution in [3.05, 3.63) is 29.3 Å². The standard InChI is InChI=1S/C15H18N2O/c18-14-5-4-11-12-3-1-2-10-8-16-6-7-17(15(10)12)9-13(11)14/h1-3,11,13,16H,4-9H2/t11-,13?/m1/s1. The lowest BCUT2D eigenvalue weighted by Crippen LogP contribution is -2.40. The Hall–Kier alpha value is -1.35. The normalized spacial score (nSPS) is 29.8. The molecule has 0 bridgehead atoms. The van der Waals surface area contributed by atoms with Crippen LogP contribution in [0.4, 0.5) is 5.69 Å². The molecule has 1 saturated carbocycles. The second-order valence-electron chi connectivity index (χ2n) is 5.70. The molecule has 0 amide bonds. The van der Waals surface area contributed by atoms with E-state index in [0.29, 0.717) is 11.7 Å². The summed E-state index contributed by atoms with van der Waals surface area (Å²) in [6.45, 7) is 3.94. The number of ketones is 1. The monoisotopic (exact) mass is 242 g/mol. The van der Waals surface area contributed by atoms with E-state index in [-0.39, 0.29) is 5.92 Å². The highest BCUT2D eigenvalue weighted by atomic mass is 16.1. The molecule has 0 spiro atoms. The van der Waals surface area contributed by atoms with Gasteiger partial charge in [-0.25, -0.2) is 0 Å². The summed E-state index contributed by atoms with van der Waals surface area (Å²) in [5.74, 6) is 1.22. The van der Waals surface area contributed by atoms with Gasteiger partial charge >= 0.3 is 0 Å². The number of fused-ring (bicyclic) bond motifs is 2. The average Bonchev–Trinajstić information content (AvgIpc) is 2.64.